The van der Waals surface area contributed by atoms with Gasteiger partial charge in [0.25, 0.3) is 0 Å². The third kappa shape index (κ3) is 1.06. The quantitative estimate of drug-likeness (QED) is 0.587. The second-order valence-electron chi connectivity index (χ2n) is 3.65. The smallest absolute Gasteiger partial charge is 0.0445 e. The zero-order valence-corrected chi connectivity index (χ0v) is 6.21. The summed E-state index contributed by atoms with van der Waals surface area (Å²) in [6.07, 6.45) is 5.04. The summed E-state index contributed by atoms with van der Waals surface area (Å²) >= 11 is 0. The molecular formula is C8H15NO. The fourth-order valence-corrected chi connectivity index (χ4v) is 2.23. The van der Waals surface area contributed by atoms with Crippen molar-refractivity contribution in [1.82, 2.24) is 5.32 Å². The first-order chi connectivity index (χ1) is 4.88. The largest absolute Gasteiger partial charge is 0.396 e. The van der Waals surface area contributed by atoms with Gasteiger partial charge in [-0.3, -0.25) is 0 Å². The molecule has 0 amide bonds. The van der Waals surface area contributed by atoms with E-state index in [2.05, 4.69) is 5.32 Å². The summed E-state index contributed by atoms with van der Waals surface area (Å²) in [6, 6.07) is 1.43. The Bertz CT molecular complexity index is 110. The lowest BCUT2D eigenvalue weighted by molar-refractivity contribution is 0.102. The van der Waals surface area contributed by atoms with Gasteiger partial charge in [0, 0.05) is 18.7 Å². The maximum absolute atomic E-state index is 8.68. The van der Waals surface area contributed by atoms with Crippen LogP contribution in [0.1, 0.15) is 25.7 Å². The summed E-state index contributed by atoms with van der Waals surface area (Å²) < 4.78 is 0. The van der Waals surface area contributed by atoms with Crippen molar-refractivity contribution in [2.75, 3.05) is 6.61 Å². The molecule has 0 aromatic heterocycles. The van der Waals surface area contributed by atoms with Crippen LogP contribution in [0.25, 0.3) is 0 Å². The van der Waals surface area contributed by atoms with Gasteiger partial charge in [-0.1, -0.05) is 0 Å². The van der Waals surface area contributed by atoms with Crippen molar-refractivity contribution in [3.63, 3.8) is 0 Å². The molecule has 1 unspecified atom stereocenters. The number of piperidine rings is 2. The number of fused-ring (bicyclic) bond motifs is 2. The molecule has 2 saturated heterocycles. The molecule has 0 aromatic rings. The van der Waals surface area contributed by atoms with Crippen LogP contribution in [-0.4, -0.2) is 23.8 Å². The SMILES string of the molecule is OCCC1CC2CC(C2)N1. The summed E-state index contributed by atoms with van der Waals surface area (Å²) in [4.78, 5) is 0. The Balaban J connectivity index is 1.80. The second-order valence-corrected chi connectivity index (χ2v) is 3.65. The number of hydrogen-bond donors (Lipinski definition) is 2. The van der Waals surface area contributed by atoms with E-state index in [9.17, 15) is 0 Å². The van der Waals surface area contributed by atoms with Crippen molar-refractivity contribution >= 4 is 0 Å². The minimum atomic E-state index is 0.344. The monoisotopic (exact) mass is 141 g/mol. The van der Waals surface area contributed by atoms with E-state index in [4.69, 9.17) is 5.11 Å². The molecule has 0 spiro atoms. The molecule has 58 valence electrons. The minimum Gasteiger partial charge on any atom is -0.396 e. The lowest BCUT2D eigenvalue weighted by Gasteiger charge is -2.46. The minimum absolute atomic E-state index is 0.344. The summed E-state index contributed by atoms with van der Waals surface area (Å²) in [6.45, 7) is 0.344. The lowest BCUT2D eigenvalue weighted by Crippen LogP contribution is -2.54. The van der Waals surface area contributed by atoms with E-state index in [1.165, 1.54) is 19.3 Å². The third-order valence-corrected chi connectivity index (χ3v) is 2.80. The van der Waals surface area contributed by atoms with Crippen LogP contribution >= 0.6 is 0 Å². The summed E-state index contributed by atoms with van der Waals surface area (Å²) in [5.41, 5.74) is 0. The molecule has 2 bridgehead atoms. The van der Waals surface area contributed by atoms with Gasteiger partial charge in [0.15, 0.2) is 0 Å². The highest BCUT2D eigenvalue weighted by molar-refractivity contribution is 4.94. The Labute approximate surface area is 61.6 Å². The van der Waals surface area contributed by atoms with Gasteiger partial charge in [-0.15, -0.1) is 0 Å². The highest BCUT2D eigenvalue weighted by Crippen LogP contribution is 2.36. The predicted octanol–water partition coefficient (Wildman–Crippen LogP) is 0.509. The number of aliphatic hydroxyl groups excluding tert-OH is 1. The molecular weight excluding hydrogens is 126 g/mol. The van der Waals surface area contributed by atoms with E-state index in [-0.39, 0.29) is 0 Å². The molecule has 2 heteroatoms. The van der Waals surface area contributed by atoms with Gasteiger partial charge < -0.3 is 10.4 Å². The molecule has 1 atom stereocenters. The van der Waals surface area contributed by atoms with Gasteiger partial charge in [0.1, 0.15) is 0 Å². The molecule has 2 heterocycles. The third-order valence-electron chi connectivity index (χ3n) is 2.80. The summed E-state index contributed by atoms with van der Waals surface area (Å²) in [7, 11) is 0. The van der Waals surface area contributed by atoms with Crippen molar-refractivity contribution in [1.29, 1.82) is 0 Å². The van der Waals surface area contributed by atoms with Gasteiger partial charge in [-0.2, -0.15) is 0 Å². The molecule has 3 aliphatic rings. The maximum Gasteiger partial charge on any atom is 0.0445 e. The van der Waals surface area contributed by atoms with E-state index in [0.29, 0.717) is 12.6 Å². The molecule has 2 N–H and O–H groups in total. The van der Waals surface area contributed by atoms with Crippen LogP contribution in [0.3, 0.4) is 0 Å². The van der Waals surface area contributed by atoms with Gasteiger partial charge >= 0.3 is 0 Å². The average Bonchev–Trinajstić information content (AvgIpc) is 1.87. The standard InChI is InChI=1S/C8H15NO/c10-2-1-7-3-6-4-8(5-6)9-7/h6-10H,1-5H2. The normalized spacial score (nSPS) is 44.7. The van der Waals surface area contributed by atoms with Crippen LogP contribution in [0.2, 0.25) is 0 Å². The van der Waals surface area contributed by atoms with E-state index < -0.39 is 0 Å². The first-order valence-electron chi connectivity index (χ1n) is 4.25. The molecule has 3 rings (SSSR count). The lowest BCUT2D eigenvalue weighted by atomic mass is 9.72. The van der Waals surface area contributed by atoms with Gasteiger partial charge in [0.05, 0.1) is 0 Å². The average molecular weight is 141 g/mol. The summed E-state index contributed by atoms with van der Waals surface area (Å²) in [5, 5.41) is 12.2. The Morgan fingerprint density at radius 1 is 1.30 bits per heavy atom. The molecule has 0 radical (unpaired) electrons. The van der Waals surface area contributed by atoms with E-state index >= 15 is 0 Å². The number of rotatable bonds is 2. The van der Waals surface area contributed by atoms with Crippen LogP contribution in [0, 0.1) is 5.92 Å². The first kappa shape index (κ1) is 6.62. The fourth-order valence-electron chi connectivity index (χ4n) is 2.23. The molecule has 1 saturated carbocycles. The molecule has 3 fully saturated rings. The highest BCUT2D eigenvalue weighted by Gasteiger charge is 2.36. The van der Waals surface area contributed by atoms with E-state index in [0.717, 1.165) is 18.4 Å². The van der Waals surface area contributed by atoms with Crippen LogP contribution < -0.4 is 5.32 Å². The first-order valence-corrected chi connectivity index (χ1v) is 4.25. The Hall–Kier alpha value is -0.0800. The van der Waals surface area contributed by atoms with Gasteiger partial charge in [0.2, 0.25) is 0 Å². The summed E-state index contributed by atoms with van der Waals surface area (Å²) in [5.74, 6) is 0.989. The van der Waals surface area contributed by atoms with Crippen LogP contribution in [-0.2, 0) is 0 Å². The van der Waals surface area contributed by atoms with Crippen molar-refractivity contribution < 1.29 is 5.11 Å². The van der Waals surface area contributed by atoms with E-state index in [1.807, 2.05) is 0 Å². The number of nitrogens with one attached hydrogen (secondary N) is 1. The topological polar surface area (TPSA) is 32.3 Å². The predicted molar refractivity (Wildman–Crippen MR) is 39.8 cm³/mol. The van der Waals surface area contributed by atoms with Crippen molar-refractivity contribution in [2.24, 2.45) is 5.92 Å². The molecule has 10 heavy (non-hydrogen) atoms. The second kappa shape index (κ2) is 2.51. The number of aliphatic hydroxyl groups is 1. The fraction of sp³-hybridized carbons (Fsp3) is 1.00. The van der Waals surface area contributed by atoms with Gasteiger partial charge in [-0.05, 0) is 31.6 Å². The Kier molecular flexibility index (Phi) is 1.66. The molecule has 0 aromatic carbocycles. The van der Waals surface area contributed by atoms with Gasteiger partial charge in [-0.25, -0.2) is 0 Å². The van der Waals surface area contributed by atoms with Crippen molar-refractivity contribution in [3.05, 3.63) is 0 Å². The van der Waals surface area contributed by atoms with Crippen LogP contribution in [0.4, 0.5) is 0 Å². The Morgan fingerprint density at radius 2 is 2.10 bits per heavy atom. The van der Waals surface area contributed by atoms with Crippen molar-refractivity contribution in [3.8, 4) is 0 Å². The van der Waals surface area contributed by atoms with E-state index in [1.54, 1.807) is 0 Å². The highest BCUT2D eigenvalue weighted by atomic mass is 16.3. The molecule has 2 nitrogen and oxygen atoms in total. The Morgan fingerprint density at radius 3 is 2.60 bits per heavy atom. The molecule has 1 aliphatic carbocycles. The number of hydrogen-bond acceptors (Lipinski definition) is 2. The maximum atomic E-state index is 8.68. The van der Waals surface area contributed by atoms with Crippen LogP contribution in [0.15, 0.2) is 0 Å². The van der Waals surface area contributed by atoms with Crippen molar-refractivity contribution in [2.45, 2.75) is 37.8 Å². The zero-order valence-electron chi connectivity index (χ0n) is 6.21. The molecule has 2 aliphatic heterocycles. The zero-order chi connectivity index (χ0) is 6.97. The van der Waals surface area contributed by atoms with Crippen LogP contribution in [0.5, 0.6) is 0 Å².